The van der Waals surface area contributed by atoms with E-state index in [0.717, 1.165) is 22.4 Å². The highest BCUT2D eigenvalue weighted by Crippen LogP contribution is 2.18. The molecule has 0 aliphatic heterocycles. The molecule has 0 aliphatic carbocycles. The van der Waals surface area contributed by atoms with Crippen molar-refractivity contribution >= 4 is 38.6 Å². The lowest BCUT2D eigenvalue weighted by Gasteiger charge is -2.21. The molecule has 0 spiro atoms. The molecule has 1 N–H and O–H groups in total. The minimum atomic E-state index is -3.13. The minimum Gasteiger partial charge on any atom is -0.332 e. The van der Waals surface area contributed by atoms with Crippen LogP contribution in [0.15, 0.2) is 35.0 Å². The average molecular weight is 400 g/mol. The molecule has 0 atom stereocenters. The predicted molar refractivity (Wildman–Crippen MR) is 104 cm³/mol. The van der Waals surface area contributed by atoms with Gasteiger partial charge in [0.2, 0.25) is 15.9 Å². The normalized spacial score (nSPS) is 11.6. The number of hydrogen-bond acceptors (Lipinski definition) is 5. The molecular formula is C17H23N2O3S3. The quantitative estimate of drug-likeness (QED) is 0.590. The zero-order valence-corrected chi connectivity index (χ0v) is 16.6. The monoisotopic (exact) mass is 399 g/mol. The first kappa shape index (κ1) is 20.1. The number of thiophene rings is 2. The summed E-state index contributed by atoms with van der Waals surface area (Å²) < 4.78 is 24.4. The summed E-state index contributed by atoms with van der Waals surface area (Å²) in [5.74, 6) is 0.0258. The van der Waals surface area contributed by atoms with Crippen molar-refractivity contribution in [2.45, 2.75) is 32.4 Å². The smallest absolute Gasteiger partial charge is 0.227 e. The molecule has 137 valence electrons. The van der Waals surface area contributed by atoms with Gasteiger partial charge in [0, 0.05) is 22.7 Å². The first-order valence-electron chi connectivity index (χ1n) is 8.05. The minimum absolute atomic E-state index is 0.0258. The van der Waals surface area contributed by atoms with Crippen molar-refractivity contribution < 1.29 is 13.2 Å². The predicted octanol–water partition coefficient (Wildman–Crippen LogP) is 3.26. The Hall–Kier alpha value is -1.22. The van der Waals surface area contributed by atoms with Crippen molar-refractivity contribution in [3.63, 3.8) is 0 Å². The second-order valence-corrected chi connectivity index (χ2v) is 9.62. The lowest BCUT2D eigenvalue weighted by atomic mass is 10.1. The number of sulfonamides is 1. The van der Waals surface area contributed by atoms with Gasteiger partial charge >= 0.3 is 0 Å². The molecule has 8 heteroatoms. The number of rotatable bonds is 11. The van der Waals surface area contributed by atoms with E-state index in [0.29, 0.717) is 32.5 Å². The number of amides is 1. The van der Waals surface area contributed by atoms with Crippen molar-refractivity contribution in [3.8, 4) is 0 Å². The van der Waals surface area contributed by atoms with Gasteiger partial charge in [0.05, 0.1) is 19.3 Å². The third-order valence-corrected chi connectivity index (χ3v) is 5.93. The van der Waals surface area contributed by atoms with Crippen LogP contribution in [0.4, 0.5) is 0 Å². The number of nitrogens with one attached hydrogen (secondary N) is 1. The molecule has 0 saturated heterocycles. The first-order chi connectivity index (χ1) is 11.9. The molecule has 0 unspecified atom stereocenters. The number of hydrogen-bond donors (Lipinski definition) is 1. The van der Waals surface area contributed by atoms with E-state index in [9.17, 15) is 13.2 Å². The molecule has 5 nitrogen and oxygen atoms in total. The van der Waals surface area contributed by atoms with Crippen LogP contribution in [0.3, 0.4) is 0 Å². The Kier molecular flexibility index (Phi) is 8.08. The van der Waals surface area contributed by atoms with Crippen LogP contribution in [-0.2, 0) is 27.9 Å². The average Bonchev–Trinajstić information content (AvgIpc) is 3.22. The van der Waals surface area contributed by atoms with Crippen LogP contribution >= 0.6 is 22.7 Å². The molecule has 1 amide bonds. The number of unbranched alkanes of at least 4 members (excludes halogenated alkanes) is 2. The van der Waals surface area contributed by atoms with Gasteiger partial charge in [-0.1, -0.05) is 18.6 Å². The van der Waals surface area contributed by atoms with E-state index in [1.165, 1.54) is 0 Å². The standard InChI is InChI=1S/C17H23N2O3S3/c1-25(21,22)18-10-4-2-3-9-17(20)19(13-15-7-5-11-23-15)14-16-8-6-12-24-16/h5-9,11-12,18H,2-4,10,13-14H2,1H3. The summed E-state index contributed by atoms with van der Waals surface area (Å²) in [5.41, 5.74) is 0. The maximum absolute atomic E-state index is 12.6. The Morgan fingerprint density at radius 1 is 1.12 bits per heavy atom. The Balaban J connectivity index is 1.78. The van der Waals surface area contributed by atoms with Crippen LogP contribution in [0.1, 0.15) is 29.0 Å². The summed E-state index contributed by atoms with van der Waals surface area (Å²) >= 11 is 3.30. The second-order valence-electron chi connectivity index (χ2n) is 5.72. The molecular weight excluding hydrogens is 376 g/mol. The van der Waals surface area contributed by atoms with Gasteiger partial charge in [0.1, 0.15) is 0 Å². The summed E-state index contributed by atoms with van der Waals surface area (Å²) in [6.07, 6.45) is 5.00. The van der Waals surface area contributed by atoms with Crippen LogP contribution in [0.25, 0.3) is 0 Å². The zero-order valence-electron chi connectivity index (χ0n) is 14.2. The van der Waals surface area contributed by atoms with Crippen molar-refractivity contribution in [3.05, 3.63) is 51.2 Å². The molecule has 0 bridgehead atoms. The summed E-state index contributed by atoms with van der Waals surface area (Å²) in [6, 6.07) is 8.06. The Labute approximate surface area is 157 Å². The molecule has 0 aromatic carbocycles. The molecule has 0 fully saturated rings. The van der Waals surface area contributed by atoms with E-state index in [1.54, 1.807) is 29.1 Å². The zero-order chi connectivity index (χ0) is 18.1. The van der Waals surface area contributed by atoms with E-state index in [4.69, 9.17) is 0 Å². The highest BCUT2D eigenvalue weighted by Gasteiger charge is 2.15. The number of carbonyl (C=O) groups excluding carboxylic acids is 1. The maximum Gasteiger partial charge on any atom is 0.227 e. The Morgan fingerprint density at radius 3 is 2.20 bits per heavy atom. The van der Waals surface area contributed by atoms with Gasteiger partial charge in [0.25, 0.3) is 0 Å². The van der Waals surface area contributed by atoms with Crippen molar-refractivity contribution in [2.75, 3.05) is 12.8 Å². The van der Waals surface area contributed by atoms with Gasteiger partial charge in [-0.3, -0.25) is 4.79 Å². The largest absolute Gasteiger partial charge is 0.332 e. The lowest BCUT2D eigenvalue weighted by Crippen LogP contribution is -2.29. The third-order valence-electron chi connectivity index (χ3n) is 3.48. The molecule has 0 aliphatic rings. The van der Waals surface area contributed by atoms with Crippen molar-refractivity contribution in [2.24, 2.45) is 0 Å². The highest BCUT2D eigenvalue weighted by molar-refractivity contribution is 7.88. The molecule has 2 aromatic heterocycles. The molecule has 25 heavy (non-hydrogen) atoms. The van der Waals surface area contributed by atoms with Crippen LogP contribution in [0, 0.1) is 6.42 Å². The van der Waals surface area contributed by atoms with Crippen molar-refractivity contribution in [1.29, 1.82) is 0 Å². The number of nitrogens with zero attached hydrogens (tertiary/aromatic N) is 1. The fraction of sp³-hybridized carbons (Fsp3) is 0.412. The molecule has 0 saturated carbocycles. The van der Waals surface area contributed by atoms with Crippen molar-refractivity contribution in [1.82, 2.24) is 9.62 Å². The maximum atomic E-state index is 12.6. The van der Waals surface area contributed by atoms with Gasteiger partial charge in [0.15, 0.2) is 0 Å². The van der Waals surface area contributed by atoms with Crippen LogP contribution in [-0.4, -0.2) is 32.0 Å². The fourth-order valence-corrected chi connectivity index (χ4v) is 4.23. The van der Waals surface area contributed by atoms with E-state index >= 15 is 0 Å². The summed E-state index contributed by atoms with van der Waals surface area (Å²) in [7, 11) is -3.13. The highest BCUT2D eigenvalue weighted by atomic mass is 32.2. The van der Waals surface area contributed by atoms with Gasteiger partial charge in [-0.05, 0) is 35.7 Å². The summed E-state index contributed by atoms with van der Waals surface area (Å²) in [4.78, 5) is 16.7. The molecule has 2 aromatic rings. The van der Waals surface area contributed by atoms with Gasteiger partial charge < -0.3 is 4.90 Å². The Bertz CT molecular complexity index is 689. The van der Waals surface area contributed by atoms with E-state index in [1.807, 2.05) is 39.9 Å². The Morgan fingerprint density at radius 2 is 1.72 bits per heavy atom. The third kappa shape index (κ3) is 8.13. The second kappa shape index (κ2) is 10.1. The van der Waals surface area contributed by atoms with E-state index < -0.39 is 10.0 Å². The first-order valence-corrected chi connectivity index (χ1v) is 11.7. The molecule has 2 rings (SSSR count). The van der Waals surface area contributed by atoms with Gasteiger partial charge in [-0.25, -0.2) is 13.1 Å². The molecule has 2 heterocycles. The van der Waals surface area contributed by atoms with Crippen LogP contribution in [0.2, 0.25) is 0 Å². The lowest BCUT2D eigenvalue weighted by molar-refractivity contribution is -0.128. The van der Waals surface area contributed by atoms with E-state index in [2.05, 4.69) is 4.72 Å². The van der Waals surface area contributed by atoms with Crippen LogP contribution in [0.5, 0.6) is 0 Å². The summed E-state index contributed by atoms with van der Waals surface area (Å²) in [5, 5.41) is 4.03. The van der Waals surface area contributed by atoms with Gasteiger partial charge in [-0.2, -0.15) is 0 Å². The van der Waals surface area contributed by atoms with Crippen LogP contribution < -0.4 is 4.72 Å². The number of carbonyl (C=O) groups is 1. The summed E-state index contributed by atoms with van der Waals surface area (Å²) in [6.45, 7) is 1.63. The molecule has 1 radical (unpaired) electrons. The SMILES string of the molecule is CS(=O)(=O)NCCCC[CH]C(=O)N(Cc1cccs1)Cc1cccs1. The van der Waals surface area contributed by atoms with Gasteiger partial charge in [-0.15, -0.1) is 22.7 Å². The topological polar surface area (TPSA) is 66.5 Å². The fourth-order valence-electron chi connectivity index (χ4n) is 2.27. The van der Waals surface area contributed by atoms with E-state index in [-0.39, 0.29) is 5.91 Å².